The van der Waals surface area contributed by atoms with Gasteiger partial charge in [0.25, 0.3) is 0 Å². The van der Waals surface area contributed by atoms with E-state index in [0.29, 0.717) is 6.61 Å². The van der Waals surface area contributed by atoms with Gasteiger partial charge in [-0.3, -0.25) is 0 Å². The van der Waals surface area contributed by atoms with Crippen molar-refractivity contribution in [1.29, 1.82) is 0 Å². The summed E-state index contributed by atoms with van der Waals surface area (Å²) in [6.07, 6.45) is 3.34. The molecule has 0 aliphatic heterocycles. The van der Waals surface area contributed by atoms with Crippen molar-refractivity contribution in [3.8, 4) is 11.1 Å². The summed E-state index contributed by atoms with van der Waals surface area (Å²) in [5, 5.41) is 0. The first-order valence-corrected chi connectivity index (χ1v) is 8.68. The van der Waals surface area contributed by atoms with E-state index in [1.807, 2.05) is 6.07 Å². The third kappa shape index (κ3) is 4.81. The lowest BCUT2D eigenvalue weighted by Gasteiger charge is -2.10. The third-order valence-electron chi connectivity index (χ3n) is 4.20. The SMILES string of the molecule is c1ccc(COCCCCc2ccccc2-c2ccccc2)cc1. The Morgan fingerprint density at radius 3 is 2.08 bits per heavy atom. The molecular weight excluding hydrogens is 292 g/mol. The van der Waals surface area contributed by atoms with Crippen LogP contribution in [0.25, 0.3) is 11.1 Å². The zero-order valence-corrected chi connectivity index (χ0v) is 14.0. The van der Waals surface area contributed by atoms with E-state index in [0.717, 1.165) is 25.9 Å². The predicted octanol–water partition coefficient (Wildman–Crippen LogP) is 5.89. The second-order valence-corrected chi connectivity index (χ2v) is 6.02. The molecule has 0 aliphatic carbocycles. The predicted molar refractivity (Wildman–Crippen MR) is 101 cm³/mol. The van der Waals surface area contributed by atoms with Crippen LogP contribution in [0.2, 0.25) is 0 Å². The molecule has 0 atom stereocenters. The minimum Gasteiger partial charge on any atom is -0.377 e. The standard InChI is InChI=1S/C23H24O/c1-3-11-20(12-4-1)19-24-18-10-9-16-22-15-7-8-17-23(22)21-13-5-2-6-14-21/h1-8,11-15,17H,9-10,16,18-19H2. The Kier molecular flexibility index (Phi) is 6.21. The monoisotopic (exact) mass is 316 g/mol. The van der Waals surface area contributed by atoms with E-state index < -0.39 is 0 Å². The summed E-state index contributed by atoms with van der Waals surface area (Å²) < 4.78 is 5.77. The summed E-state index contributed by atoms with van der Waals surface area (Å²) in [6.45, 7) is 1.53. The highest BCUT2D eigenvalue weighted by atomic mass is 16.5. The number of hydrogen-bond acceptors (Lipinski definition) is 1. The van der Waals surface area contributed by atoms with Crippen LogP contribution in [-0.2, 0) is 17.8 Å². The normalized spacial score (nSPS) is 10.7. The molecule has 24 heavy (non-hydrogen) atoms. The molecule has 3 aromatic rings. The highest BCUT2D eigenvalue weighted by Crippen LogP contribution is 2.24. The third-order valence-corrected chi connectivity index (χ3v) is 4.20. The van der Waals surface area contributed by atoms with Gasteiger partial charge in [-0.25, -0.2) is 0 Å². The molecule has 3 rings (SSSR count). The van der Waals surface area contributed by atoms with Crippen LogP contribution in [0.4, 0.5) is 0 Å². The van der Waals surface area contributed by atoms with Crippen LogP contribution >= 0.6 is 0 Å². The van der Waals surface area contributed by atoms with Crippen molar-refractivity contribution in [2.45, 2.75) is 25.9 Å². The van der Waals surface area contributed by atoms with E-state index in [1.165, 1.54) is 22.3 Å². The van der Waals surface area contributed by atoms with Crippen LogP contribution in [0.1, 0.15) is 24.0 Å². The van der Waals surface area contributed by atoms with E-state index >= 15 is 0 Å². The summed E-state index contributed by atoms with van der Waals surface area (Å²) in [5.41, 5.74) is 5.32. The molecule has 0 saturated heterocycles. The van der Waals surface area contributed by atoms with E-state index in [2.05, 4.69) is 78.9 Å². The molecular formula is C23H24O. The quantitative estimate of drug-likeness (QED) is 0.471. The van der Waals surface area contributed by atoms with E-state index in [4.69, 9.17) is 4.74 Å². The molecule has 0 spiro atoms. The van der Waals surface area contributed by atoms with Gasteiger partial charge in [0.1, 0.15) is 0 Å². The Hall–Kier alpha value is -2.38. The largest absolute Gasteiger partial charge is 0.377 e. The van der Waals surface area contributed by atoms with Gasteiger partial charge in [-0.2, -0.15) is 0 Å². The molecule has 0 aromatic heterocycles. The lowest BCUT2D eigenvalue weighted by molar-refractivity contribution is 0.117. The van der Waals surface area contributed by atoms with Crippen LogP contribution < -0.4 is 0 Å². The fourth-order valence-electron chi connectivity index (χ4n) is 2.92. The van der Waals surface area contributed by atoms with Crippen molar-refractivity contribution < 1.29 is 4.74 Å². The fourth-order valence-corrected chi connectivity index (χ4v) is 2.92. The number of hydrogen-bond donors (Lipinski definition) is 0. The highest BCUT2D eigenvalue weighted by molar-refractivity contribution is 5.67. The molecule has 0 bridgehead atoms. The molecule has 0 amide bonds. The van der Waals surface area contributed by atoms with E-state index in [9.17, 15) is 0 Å². The summed E-state index contributed by atoms with van der Waals surface area (Å²) in [4.78, 5) is 0. The van der Waals surface area contributed by atoms with Gasteiger partial charge in [-0.15, -0.1) is 0 Å². The van der Waals surface area contributed by atoms with E-state index in [1.54, 1.807) is 0 Å². The number of unbranched alkanes of at least 4 members (excludes halogenated alkanes) is 1. The highest BCUT2D eigenvalue weighted by Gasteiger charge is 2.03. The van der Waals surface area contributed by atoms with Crippen LogP contribution in [0.5, 0.6) is 0 Å². The zero-order valence-electron chi connectivity index (χ0n) is 14.0. The topological polar surface area (TPSA) is 9.23 Å². The Labute approximate surface area is 144 Å². The second-order valence-electron chi connectivity index (χ2n) is 6.02. The number of ether oxygens (including phenoxy) is 1. The molecule has 0 aliphatic rings. The Morgan fingerprint density at radius 2 is 1.29 bits per heavy atom. The minimum atomic E-state index is 0.710. The van der Waals surface area contributed by atoms with Crippen molar-refractivity contribution in [2.75, 3.05) is 6.61 Å². The van der Waals surface area contributed by atoms with Crippen molar-refractivity contribution >= 4 is 0 Å². The van der Waals surface area contributed by atoms with Gasteiger partial charge in [0.15, 0.2) is 0 Å². The average Bonchev–Trinajstić information content (AvgIpc) is 2.66. The second kappa shape index (κ2) is 9.05. The van der Waals surface area contributed by atoms with Crippen molar-refractivity contribution in [3.05, 3.63) is 96.1 Å². The molecule has 0 radical (unpaired) electrons. The summed E-state index contributed by atoms with van der Waals surface area (Å²) in [6, 6.07) is 29.7. The average molecular weight is 316 g/mol. The molecule has 1 nitrogen and oxygen atoms in total. The van der Waals surface area contributed by atoms with Gasteiger partial charge < -0.3 is 4.74 Å². The molecule has 0 saturated carbocycles. The van der Waals surface area contributed by atoms with Gasteiger partial charge in [0.05, 0.1) is 6.61 Å². The first-order valence-electron chi connectivity index (χ1n) is 8.68. The molecule has 122 valence electrons. The molecule has 0 heterocycles. The maximum Gasteiger partial charge on any atom is 0.0716 e. The molecule has 3 aromatic carbocycles. The molecule has 0 N–H and O–H groups in total. The van der Waals surface area contributed by atoms with Crippen LogP contribution in [0.15, 0.2) is 84.9 Å². The number of benzene rings is 3. The lowest BCUT2D eigenvalue weighted by atomic mass is 9.96. The van der Waals surface area contributed by atoms with Gasteiger partial charge in [0, 0.05) is 6.61 Å². The smallest absolute Gasteiger partial charge is 0.0716 e. The van der Waals surface area contributed by atoms with Gasteiger partial charge in [0.2, 0.25) is 0 Å². The van der Waals surface area contributed by atoms with Crippen molar-refractivity contribution in [3.63, 3.8) is 0 Å². The Morgan fingerprint density at radius 1 is 0.625 bits per heavy atom. The van der Waals surface area contributed by atoms with Crippen LogP contribution in [0, 0.1) is 0 Å². The van der Waals surface area contributed by atoms with Gasteiger partial charge >= 0.3 is 0 Å². The first kappa shape index (κ1) is 16.5. The van der Waals surface area contributed by atoms with Crippen LogP contribution in [-0.4, -0.2) is 6.61 Å². The Balaban J connectivity index is 1.46. The summed E-state index contributed by atoms with van der Waals surface area (Å²) in [7, 11) is 0. The molecule has 0 fully saturated rings. The Bertz CT molecular complexity index is 719. The summed E-state index contributed by atoms with van der Waals surface area (Å²) >= 11 is 0. The molecule has 1 heteroatoms. The first-order chi connectivity index (χ1) is 11.9. The maximum atomic E-state index is 5.77. The fraction of sp³-hybridized carbons (Fsp3) is 0.217. The van der Waals surface area contributed by atoms with Gasteiger partial charge in [-0.05, 0) is 41.5 Å². The van der Waals surface area contributed by atoms with Crippen molar-refractivity contribution in [2.24, 2.45) is 0 Å². The lowest BCUT2D eigenvalue weighted by Crippen LogP contribution is -1.97. The maximum absolute atomic E-state index is 5.77. The van der Waals surface area contributed by atoms with Crippen LogP contribution in [0.3, 0.4) is 0 Å². The summed E-state index contributed by atoms with van der Waals surface area (Å²) in [5.74, 6) is 0. The van der Waals surface area contributed by atoms with Gasteiger partial charge in [-0.1, -0.05) is 84.9 Å². The van der Waals surface area contributed by atoms with Crippen molar-refractivity contribution in [1.82, 2.24) is 0 Å². The number of aryl methyl sites for hydroxylation is 1. The number of rotatable bonds is 8. The van der Waals surface area contributed by atoms with E-state index in [-0.39, 0.29) is 0 Å². The minimum absolute atomic E-state index is 0.710. The molecule has 0 unspecified atom stereocenters. The zero-order chi connectivity index (χ0) is 16.5.